The number of ether oxygens (including phenoxy) is 1. The van der Waals surface area contributed by atoms with E-state index in [1.165, 1.54) is 0 Å². The molecule has 1 aromatic carbocycles. The SMILES string of the molecule is C=C(C)C(=O)NC1CCCN(Cc2ccnc(C(=O)Nc3ccc(-c4cc5c(N6CCOCC6)ncnc5[nH]4)cc3)c2)C1. The van der Waals surface area contributed by atoms with Crippen LogP contribution < -0.4 is 15.5 Å². The standard InChI is InChI=1S/C32H36N8O3/c1-21(2)31(41)37-25-4-3-11-39(19-25)18-22-9-10-33-28(16-22)32(42)36-24-7-5-23(6-8-24)27-17-26-29(38-27)34-20-35-30(26)40-12-14-43-15-13-40/h5-10,16-17,20,25H,1,3-4,11-15,18-19H2,2H3,(H,36,42)(H,37,41)(H,34,35,38). The number of hydrogen-bond acceptors (Lipinski definition) is 8. The maximum Gasteiger partial charge on any atom is 0.274 e. The Morgan fingerprint density at radius 3 is 2.67 bits per heavy atom. The smallest absolute Gasteiger partial charge is 0.274 e. The molecule has 2 aliphatic rings. The van der Waals surface area contributed by atoms with Crippen LogP contribution in [0, 0.1) is 0 Å². The van der Waals surface area contributed by atoms with Crippen molar-refractivity contribution in [3.63, 3.8) is 0 Å². The molecule has 0 radical (unpaired) electrons. The van der Waals surface area contributed by atoms with Crippen LogP contribution in [0.4, 0.5) is 11.5 Å². The number of carbonyl (C=O) groups excluding carboxylic acids is 2. The molecule has 5 heterocycles. The number of carbonyl (C=O) groups is 2. The molecule has 11 heteroatoms. The van der Waals surface area contributed by atoms with Crippen LogP contribution in [0.3, 0.4) is 0 Å². The van der Waals surface area contributed by atoms with Gasteiger partial charge in [0, 0.05) is 55.4 Å². The summed E-state index contributed by atoms with van der Waals surface area (Å²) in [4.78, 5) is 46.3. The Hall–Kier alpha value is -4.61. The van der Waals surface area contributed by atoms with Gasteiger partial charge in [0.05, 0.1) is 18.6 Å². The van der Waals surface area contributed by atoms with Crippen molar-refractivity contribution in [2.24, 2.45) is 0 Å². The van der Waals surface area contributed by atoms with Crippen molar-refractivity contribution in [3.8, 4) is 11.3 Å². The summed E-state index contributed by atoms with van der Waals surface area (Å²) in [5, 5.41) is 6.99. The molecule has 0 bridgehead atoms. The molecule has 0 spiro atoms. The van der Waals surface area contributed by atoms with Gasteiger partial charge < -0.3 is 25.3 Å². The lowest BCUT2D eigenvalue weighted by Crippen LogP contribution is -2.47. The van der Waals surface area contributed by atoms with Crippen LogP contribution in [0.1, 0.15) is 35.8 Å². The third-order valence-electron chi connectivity index (χ3n) is 7.86. The lowest BCUT2D eigenvalue weighted by atomic mass is 10.0. The molecule has 6 rings (SSSR count). The van der Waals surface area contributed by atoms with Crippen LogP contribution in [0.25, 0.3) is 22.3 Å². The summed E-state index contributed by atoms with van der Waals surface area (Å²) in [6, 6.07) is 13.6. The Kier molecular flexibility index (Phi) is 8.43. The largest absolute Gasteiger partial charge is 0.378 e. The number of anilines is 2. The fourth-order valence-corrected chi connectivity index (χ4v) is 5.62. The van der Waals surface area contributed by atoms with Gasteiger partial charge in [-0.25, -0.2) is 9.97 Å². The topological polar surface area (TPSA) is 128 Å². The van der Waals surface area contributed by atoms with Crippen LogP contribution in [-0.4, -0.2) is 82.1 Å². The van der Waals surface area contributed by atoms with Crippen molar-refractivity contribution in [1.82, 2.24) is 30.2 Å². The van der Waals surface area contributed by atoms with Gasteiger partial charge in [-0.3, -0.25) is 19.5 Å². The molecule has 2 saturated heterocycles. The second kappa shape index (κ2) is 12.7. The predicted octanol–water partition coefficient (Wildman–Crippen LogP) is 3.77. The maximum atomic E-state index is 13.1. The highest BCUT2D eigenvalue weighted by molar-refractivity contribution is 6.03. The summed E-state index contributed by atoms with van der Waals surface area (Å²) >= 11 is 0. The summed E-state index contributed by atoms with van der Waals surface area (Å²) in [7, 11) is 0. The van der Waals surface area contributed by atoms with Crippen LogP contribution >= 0.6 is 0 Å². The molecular formula is C32H36N8O3. The number of hydrogen-bond donors (Lipinski definition) is 3. The van der Waals surface area contributed by atoms with Crippen molar-refractivity contribution in [1.29, 1.82) is 0 Å². The Morgan fingerprint density at radius 2 is 1.88 bits per heavy atom. The molecule has 11 nitrogen and oxygen atoms in total. The number of amides is 2. The number of pyridine rings is 1. The molecule has 3 N–H and O–H groups in total. The van der Waals surface area contributed by atoms with Gasteiger partial charge in [0.15, 0.2) is 0 Å². The third-order valence-corrected chi connectivity index (χ3v) is 7.86. The summed E-state index contributed by atoms with van der Waals surface area (Å²) in [5.74, 6) is 0.538. The number of fused-ring (bicyclic) bond motifs is 1. The fourth-order valence-electron chi connectivity index (χ4n) is 5.62. The lowest BCUT2D eigenvalue weighted by molar-refractivity contribution is -0.118. The molecule has 222 valence electrons. The minimum Gasteiger partial charge on any atom is -0.378 e. The number of nitrogens with one attached hydrogen (secondary N) is 3. The highest BCUT2D eigenvalue weighted by Gasteiger charge is 2.22. The lowest BCUT2D eigenvalue weighted by Gasteiger charge is -2.33. The van der Waals surface area contributed by atoms with E-state index in [1.807, 2.05) is 36.4 Å². The van der Waals surface area contributed by atoms with Gasteiger partial charge in [0.1, 0.15) is 23.5 Å². The monoisotopic (exact) mass is 580 g/mol. The molecule has 4 aromatic rings. The number of likely N-dealkylation sites (tertiary alicyclic amines) is 1. The number of morpholine rings is 1. The maximum absolute atomic E-state index is 13.1. The number of aromatic amines is 1. The molecule has 1 atom stereocenters. The van der Waals surface area contributed by atoms with E-state index in [-0.39, 0.29) is 17.9 Å². The fraction of sp³-hybridized carbons (Fsp3) is 0.344. The third kappa shape index (κ3) is 6.73. The molecular weight excluding hydrogens is 544 g/mol. The normalized spacial score (nSPS) is 17.5. The van der Waals surface area contributed by atoms with Crippen molar-refractivity contribution in [2.75, 3.05) is 49.6 Å². The zero-order valence-electron chi connectivity index (χ0n) is 24.3. The first-order valence-corrected chi connectivity index (χ1v) is 14.6. The number of nitrogens with zero attached hydrogens (tertiary/aromatic N) is 5. The average Bonchev–Trinajstić information content (AvgIpc) is 3.47. The zero-order chi connectivity index (χ0) is 29.8. The minimum absolute atomic E-state index is 0.0923. The molecule has 3 aromatic heterocycles. The summed E-state index contributed by atoms with van der Waals surface area (Å²) in [6.07, 6.45) is 5.20. The number of benzene rings is 1. The first kappa shape index (κ1) is 28.5. The van der Waals surface area contributed by atoms with E-state index in [2.05, 4.69) is 53.0 Å². The van der Waals surface area contributed by atoms with Gasteiger partial charge in [-0.15, -0.1) is 0 Å². The molecule has 43 heavy (non-hydrogen) atoms. The van der Waals surface area contributed by atoms with Crippen molar-refractivity contribution in [3.05, 3.63) is 78.4 Å². The van der Waals surface area contributed by atoms with Crippen LogP contribution in [-0.2, 0) is 16.1 Å². The quantitative estimate of drug-likeness (QED) is 0.269. The summed E-state index contributed by atoms with van der Waals surface area (Å²) in [6.45, 7) is 10.8. The van der Waals surface area contributed by atoms with Crippen LogP contribution in [0.2, 0.25) is 0 Å². The van der Waals surface area contributed by atoms with Gasteiger partial charge in [0.2, 0.25) is 5.91 Å². The first-order chi connectivity index (χ1) is 20.9. The second-order valence-corrected chi connectivity index (χ2v) is 11.2. The van der Waals surface area contributed by atoms with E-state index in [4.69, 9.17) is 4.74 Å². The van der Waals surface area contributed by atoms with Gasteiger partial charge in [0.25, 0.3) is 5.91 Å². The summed E-state index contributed by atoms with van der Waals surface area (Å²) in [5.41, 5.74) is 5.24. The van der Waals surface area contributed by atoms with E-state index in [0.717, 1.165) is 72.7 Å². The van der Waals surface area contributed by atoms with Gasteiger partial charge in [-0.1, -0.05) is 18.7 Å². The van der Waals surface area contributed by atoms with E-state index in [1.54, 1.807) is 19.4 Å². The summed E-state index contributed by atoms with van der Waals surface area (Å²) < 4.78 is 5.49. The zero-order valence-corrected chi connectivity index (χ0v) is 24.3. The molecule has 2 aliphatic heterocycles. The minimum atomic E-state index is -0.268. The number of aromatic nitrogens is 4. The Morgan fingerprint density at radius 1 is 1.07 bits per heavy atom. The van der Waals surface area contributed by atoms with E-state index in [0.29, 0.717) is 36.7 Å². The van der Waals surface area contributed by atoms with E-state index >= 15 is 0 Å². The van der Waals surface area contributed by atoms with Gasteiger partial charge >= 0.3 is 0 Å². The highest BCUT2D eigenvalue weighted by atomic mass is 16.5. The van der Waals surface area contributed by atoms with Gasteiger partial charge in [-0.05, 0) is 67.8 Å². The van der Waals surface area contributed by atoms with Crippen molar-refractivity contribution >= 4 is 34.4 Å². The molecule has 0 saturated carbocycles. The number of piperidine rings is 1. The number of rotatable bonds is 8. The van der Waals surface area contributed by atoms with Crippen molar-refractivity contribution < 1.29 is 14.3 Å². The van der Waals surface area contributed by atoms with Crippen LogP contribution in [0.5, 0.6) is 0 Å². The molecule has 0 aliphatic carbocycles. The Labute approximate surface area is 250 Å². The van der Waals surface area contributed by atoms with Gasteiger partial charge in [-0.2, -0.15) is 0 Å². The number of H-pyrrole nitrogens is 1. The van der Waals surface area contributed by atoms with E-state index in [9.17, 15) is 9.59 Å². The predicted molar refractivity (Wildman–Crippen MR) is 166 cm³/mol. The highest BCUT2D eigenvalue weighted by Crippen LogP contribution is 2.29. The first-order valence-electron chi connectivity index (χ1n) is 14.6. The van der Waals surface area contributed by atoms with E-state index < -0.39 is 0 Å². The van der Waals surface area contributed by atoms with Crippen molar-refractivity contribution in [2.45, 2.75) is 32.4 Å². The molecule has 1 unspecified atom stereocenters. The Bertz CT molecular complexity index is 1630. The molecule has 2 amide bonds. The Balaban J connectivity index is 1.09. The van der Waals surface area contributed by atoms with Crippen LogP contribution in [0.15, 0.2) is 67.1 Å². The second-order valence-electron chi connectivity index (χ2n) is 11.2. The molecule has 2 fully saturated rings. The average molecular weight is 581 g/mol.